The molecule has 6 nitrogen and oxygen atoms in total. The zero-order valence-electron chi connectivity index (χ0n) is 16.1. The van der Waals surface area contributed by atoms with Gasteiger partial charge in [-0.05, 0) is 48.2 Å². The average molecular weight is 391 g/mol. The summed E-state index contributed by atoms with van der Waals surface area (Å²) in [6, 6.07) is 13.8. The van der Waals surface area contributed by atoms with E-state index < -0.39 is 10.0 Å². The highest BCUT2D eigenvalue weighted by molar-refractivity contribution is 7.89. The van der Waals surface area contributed by atoms with Crippen LogP contribution in [-0.2, 0) is 14.8 Å². The second-order valence-electron chi connectivity index (χ2n) is 6.53. The van der Waals surface area contributed by atoms with E-state index in [0.717, 1.165) is 10.7 Å². The number of ether oxygens (including phenoxy) is 1. The summed E-state index contributed by atoms with van der Waals surface area (Å²) in [5.74, 6) is 0.731. The van der Waals surface area contributed by atoms with E-state index in [-0.39, 0.29) is 17.4 Å². The molecule has 0 aliphatic rings. The van der Waals surface area contributed by atoms with Crippen LogP contribution in [0.2, 0.25) is 0 Å². The zero-order valence-corrected chi connectivity index (χ0v) is 16.9. The summed E-state index contributed by atoms with van der Waals surface area (Å²) in [6.07, 6.45) is 1.06. The van der Waals surface area contributed by atoms with Crippen LogP contribution in [0.15, 0.2) is 53.4 Å². The Labute approximate surface area is 161 Å². The molecule has 0 radical (unpaired) electrons. The number of carbonyl (C=O) groups excluding carboxylic acids is 1. The van der Waals surface area contributed by atoms with Crippen LogP contribution in [0.25, 0.3) is 0 Å². The van der Waals surface area contributed by atoms with Gasteiger partial charge in [0.05, 0.1) is 4.90 Å². The van der Waals surface area contributed by atoms with Crippen molar-refractivity contribution >= 4 is 21.6 Å². The molecule has 0 aromatic heterocycles. The number of amides is 1. The second-order valence-corrected chi connectivity index (χ2v) is 8.68. The molecule has 146 valence electrons. The lowest BCUT2D eigenvalue weighted by Crippen LogP contribution is -2.23. The number of sulfonamides is 1. The number of nitrogens with zero attached hydrogens (tertiary/aromatic N) is 1. The van der Waals surface area contributed by atoms with E-state index in [1.54, 1.807) is 12.1 Å². The highest BCUT2D eigenvalue weighted by Crippen LogP contribution is 2.22. The molecular formula is C20H26N2O4S. The van der Waals surface area contributed by atoms with E-state index in [4.69, 9.17) is 4.74 Å². The molecule has 2 aromatic rings. The van der Waals surface area contributed by atoms with Crippen molar-refractivity contribution in [2.24, 2.45) is 0 Å². The highest BCUT2D eigenvalue weighted by Gasteiger charge is 2.17. The van der Waals surface area contributed by atoms with Crippen molar-refractivity contribution in [2.75, 3.05) is 26.0 Å². The summed E-state index contributed by atoms with van der Waals surface area (Å²) in [7, 11) is -0.635. The lowest BCUT2D eigenvalue weighted by Gasteiger charge is -2.13. The van der Waals surface area contributed by atoms with Crippen LogP contribution < -0.4 is 10.1 Å². The minimum Gasteiger partial charge on any atom is -0.484 e. The lowest BCUT2D eigenvalue weighted by atomic mass is 9.99. The monoisotopic (exact) mass is 390 g/mol. The van der Waals surface area contributed by atoms with Gasteiger partial charge in [0.1, 0.15) is 5.75 Å². The largest absolute Gasteiger partial charge is 0.484 e. The summed E-state index contributed by atoms with van der Waals surface area (Å²) < 4.78 is 31.0. The number of carbonyl (C=O) groups is 1. The van der Waals surface area contributed by atoms with Crippen molar-refractivity contribution in [2.45, 2.75) is 31.1 Å². The summed E-state index contributed by atoms with van der Waals surface area (Å²) in [5.41, 5.74) is 1.63. The average Bonchev–Trinajstić information content (AvgIpc) is 2.66. The molecule has 2 aromatic carbocycles. The van der Waals surface area contributed by atoms with E-state index in [1.807, 2.05) is 24.3 Å². The van der Waals surface area contributed by atoms with Crippen molar-refractivity contribution in [3.8, 4) is 5.75 Å². The normalized spacial score (nSPS) is 12.6. The molecular weight excluding hydrogens is 364 g/mol. The van der Waals surface area contributed by atoms with Gasteiger partial charge in [-0.3, -0.25) is 4.79 Å². The second kappa shape index (κ2) is 9.01. The maximum Gasteiger partial charge on any atom is 0.262 e. The molecule has 0 saturated carbocycles. The number of rotatable bonds is 8. The van der Waals surface area contributed by atoms with Crippen LogP contribution >= 0.6 is 0 Å². The predicted octanol–water partition coefficient (Wildman–Crippen LogP) is 3.47. The number of anilines is 1. The quantitative estimate of drug-likeness (QED) is 0.749. The number of hydrogen-bond donors (Lipinski definition) is 1. The van der Waals surface area contributed by atoms with Gasteiger partial charge in [-0.1, -0.05) is 32.0 Å². The molecule has 0 heterocycles. The van der Waals surface area contributed by atoms with Crippen LogP contribution in [0, 0.1) is 0 Å². The molecule has 0 spiro atoms. The Morgan fingerprint density at radius 1 is 1.15 bits per heavy atom. The summed E-state index contributed by atoms with van der Waals surface area (Å²) >= 11 is 0. The molecule has 1 N–H and O–H groups in total. The Balaban J connectivity index is 1.96. The minimum atomic E-state index is -3.55. The maximum absolute atomic E-state index is 12.2. The van der Waals surface area contributed by atoms with Crippen LogP contribution in [0.4, 0.5) is 5.69 Å². The molecule has 1 amide bonds. The molecule has 1 atom stereocenters. The van der Waals surface area contributed by atoms with E-state index in [2.05, 4.69) is 19.2 Å². The standard InChI is InChI=1S/C20H26N2O4S/c1-5-15(2)16-9-11-18(12-10-16)26-14-20(23)21-17-7-6-8-19(13-17)27(24,25)22(3)4/h6-13,15H,5,14H2,1-4H3,(H,21,23)/t15-/m0/s1. The molecule has 7 heteroatoms. The number of benzene rings is 2. The number of hydrogen-bond acceptors (Lipinski definition) is 4. The van der Waals surface area contributed by atoms with Gasteiger partial charge in [0.15, 0.2) is 6.61 Å². The maximum atomic E-state index is 12.2. The van der Waals surface area contributed by atoms with Gasteiger partial charge >= 0.3 is 0 Å². The van der Waals surface area contributed by atoms with Crippen molar-refractivity contribution in [3.63, 3.8) is 0 Å². The highest BCUT2D eigenvalue weighted by atomic mass is 32.2. The summed E-state index contributed by atoms with van der Waals surface area (Å²) in [4.78, 5) is 12.2. The smallest absolute Gasteiger partial charge is 0.262 e. The van der Waals surface area contributed by atoms with E-state index in [0.29, 0.717) is 17.4 Å². The fraction of sp³-hybridized carbons (Fsp3) is 0.350. The van der Waals surface area contributed by atoms with Crippen LogP contribution in [0.3, 0.4) is 0 Å². The zero-order chi connectivity index (χ0) is 20.0. The first-order valence-corrected chi connectivity index (χ1v) is 10.2. The molecule has 0 bridgehead atoms. The number of nitrogens with one attached hydrogen (secondary N) is 1. The van der Waals surface area contributed by atoms with Gasteiger partial charge < -0.3 is 10.1 Å². The Bertz CT molecular complexity index is 877. The fourth-order valence-electron chi connectivity index (χ4n) is 2.42. The van der Waals surface area contributed by atoms with E-state index >= 15 is 0 Å². The van der Waals surface area contributed by atoms with Crippen molar-refractivity contribution in [1.29, 1.82) is 0 Å². The Kier molecular flexibility index (Phi) is 6.98. The summed E-state index contributed by atoms with van der Waals surface area (Å²) in [6.45, 7) is 4.14. The van der Waals surface area contributed by atoms with Gasteiger partial charge in [-0.15, -0.1) is 0 Å². The molecule has 0 fully saturated rings. The Morgan fingerprint density at radius 2 is 1.81 bits per heavy atom. The van der Waals surface area contributed by atoms with Crippen molar-refractivity contribution < 1.29 is 17.9 Å². The third kappa shape index (κ3) is 5.55. The third-order valence-electron chi connectivity index (χ3n) is 4.33. The van der Waals surface area contributed by atoms with Gasteiger partial charge in [0.2, 0.25) is 10.0 Å². The van der Waals surface area contributed by atoms with Crippen molar-refractivity contribution in [3.05, 3.63) is 54.1 Å². The Hall–Kier alpha value is -2.38. The van der Waals surface area contributed by atoms with Gasteiger partial charge in [0, 0.05) is 19.8 Å². The first kappa shape index (κ1) is 20.9. The molecule has 27 heavy (non-hydrogen) atoms. The van der Waals surface area contributed by atoms with Crippen LogP contribution in [-0.4, -0.2) is 39.3 Å². The molecule has 2 rings (SSSR count). The van der Waals surface area contributed by atoms with E-state index in [1.165, 1.54) is 31.8 Å². The first-order chi connectivity index (χ1) is 12.7. The minimum absolute atomic E-state index is 0.117. The van der Waals surface area contributed by atoms with Crippen molar-refractivity contribution in [1.82, 2.24) is 4.31 Å². The van der Waals surface area contributed by atoms with Gasteiger partial charge in [0.25, 0.3) is 5.91 Å². The molecule has 0 aliphatic carbocycles. The topological polar surface area (TPSA) is 75.7 Å². The Morgan fingerprint density at radius 3 is 2.41 bits per heavy atom. The van der Waals surface area contributed by atoms with Gasteiger partial charge in [-0.25, -0.2) is 12.7 Å². The first-order valence-electron chi connectivity index (χ1n) is 8.79. The van der Waals surface area contributed by atoms with Gasteiger partial charge in [-0.2, -0.15) is 0 Å². The predicted molar refractivity (Wildman–Crippen MR) is 107 cm³/mol. The fourth-order valence-corrected chi connectivity index (χ4v) is 3.37. The summed E-state index contributed by atoms with van der Waals surface area (Å²) in [5, 5.41) is 2.66. The van der Waals surface area contributed by atoms with Crippen LogP contribution in [0.1, 0.15) is 31.7 Å². The molecule has 0 saturated heterocycles. The SMILES string of the molecule is CC[C@H](C)c1ccc(OCC(=O)Nc2cccc(S(=O)(=O)N(C)C)c2)cc1. The lowest BCUT2D eigenvalue weighted by molar-refractivity contribution is -0.118. The van der Waals surface area contributed by atoms with Crippen LogP contribution in [0.5, 0.6) is 5.75 Å². The van der Waals surface area contributed by atoms with E-state index in [9.17, 15) is 13.2 Å². The third-order valence-corrected chi connectivity index (χ3v) is 6.14. The molecule has 0 aliphatic heterocycles. The molecule has 0 unspecified atom stereocenters.